The van der Waals surface area contributed by atoms with Crippen molar-refractivity contribution < 1.29 is 35.9 Å². The maximum atomic E-state index is 12.7. The summed E-state index contributed by atoms with van der Waals surface area (Å²) in [6, 6.07) is 16.5. The van der Waals surface area contributed by atoms with Crippen molar-refractivity contribution in [1.29, 1.82) is 0 Å². The number of unbranched alkanes of at least 4 members (excludes halogenated alkanes) is 1. The molecule has 0 aromatic heterocycles. The summed E-state index contributed by atoms with van der Waals surface area (Å²) >= 11 is 0. The number of carbonyl (C=O) groups excluding carboxylic acids is 2. The molecule has 0 atom stereocenters. The molecule has 0 saturated carbocycles. The molecule has 2 heterocycles. The van der Waals surface area contributed by atoms with Crippen molar-refractivity contribution in [1.82, 2.24) is 9.80 Å². The van der Waals surface area contributed by atoms with Crippen LogP contribution >= 0.6 is 0 Å². The first-order valence-electron chi connectivity index (χ1n) is 15.7. The Morgan fingerprint density at radius 1 is 0.609 bits per heavy atom. The van der Waals surface area contributed by atoms with Gasteiger partial charge in [0.05, 0.1) is 19.6 Å². The largest absolute Gasteiger partial charge is 0.462 e. The molecule has 0 aliphatic carbocycles. The predicted octanol–water partition coefficient (Wildman–Crippen LogP) is 4.54. The van der Waals surface area contributed by atoms with Gasteiger partial charge in [-0.05, 0) is 62.8 Å². The Morgan fingerprint density at radius 2 is 0.935 bits per heavy atom. The number of nitrogens with zero attached hydrogens (tertiary/aromatic N) is 2. The third kappa shape index (κ3) is 10.1. The molecule has 2 aliphatic rings. The third-order valence-corrected chi connectivity index (χ3v) is 11.9. The normalized spacial score (nSPS) is 17.3. The standard InChI is InChI=1S/C34H44N2O8S2/c1-27(45(39,40)31-11-5-3-6-12-31)25-35-21-17-29(18-22-35)43-33(37)15-9-10-16-34(38)44-30-19-23-36(24-20-30)26-28(2)46(41,42)32-13-7-4-8-14-32/h3-8,11-14,29-30H,1-2,9-10,15-26H2. The minimum Gasteiger partial charge on any atom is -0.462 e. The van der Waals surface area contributed by atoms with Gasteiger partial charge in [0.25, 0.3) is 0 Å². The molecule has 0 unspecified atom stereocenters. The van der Waals surface area contributed by atoms with Crippen molar-refractivity contribution in [3.05, 3.63) is 83.6 Å². The zero-order valence-electron chi connectivity index (χ0n) is 26.2. The van der Waals surface area contributed by atoms with Gasteiger partial charge in [-0.3, -0.25) is 19.4 Å². The molecule has 4 rings (SSSR count). The monoisotopic (exact) mass is 672 g/mol. The minimum absolute atomic E-state index is 0.150. The van der Waals surface area contributed by atoms with E-state index >= 15 is 0 Å². The summed E-state index contributed by atoms with van der Waals surface area (Å²) in [5.41, 5.74) is 0. The molecule has 0 bridgehead atoms. The van der Waals surface area contributed by atoms with E-state index in [1.54, 1.807) is 60.7 Å². The Labute approximate surface area is 272 Å². The zero-order chi connectivity index (χ0) is 33.2. The molecule has 250 valence electrons. The van der Waals surface area contributed by atoms with Crippen LogP contribution in [0.2, 0.25) is 0 Å². The minimum atomic E-state index is -3.60. The fourth-order valence-electron chi connectivity index (χ4n) is 5.60. The molecular weight excluding hydrogens is 629 g/mol. The molecule has 46 heavy (non-hydrogen) atoms. The quantitative estimate of drug-likeness (QED) is 0.197. The molecule has 2 fully saturated rings. The predicted molar refractivity (Wildman–Crippen MR) is 175 cm³/mol. The number of hydrogen-bond donors (Lipinski definition) is 0. The van der Waals surface area contributed by atoms with Crippen molar-refractivity contribution >= 4 is 31.6 Å². The van der Waals surface area contributed by atoms with Crippen LogP contribution in [0.1, 0.15) is 51.4 Å². The van der Waals surface area contributed by atoms with E-state index < -0.39 is 19.7 Å². The SMILES string of the molecule is C=C(CN1CCC(OC(=O)CCCCC(=O)OC2CCN(CC(=C)S(=O)(=O)c3ccccc3)CC2)CC1)S(=O)(=O)c1ccccc1. The van der Waals surface area contributed by atoms with E-state index in [4.69, 9.17) is 9.47 Å². The molecule has 10 nitrogen and oxygen atoms in total. The van der Waals surface area contributed by atoms with Gasteiger partial charge in [0.15, 0.2) is 0 Å². The van der Waals surface area contributed by atoms with Crippen LogP contribution in [0.5, 0.6) is 0 Å². The Kier molecular flexibility index (Phi) is 12.7. The van der Waals surface area contributed by atoms with Crippen LogP contribution in [0.25, 0.3) is 0 Å². The number of likely N-dealkylation sites (tertiary alicyclic amines) is 2. The number of carbonyl (C=O) groups is 2. The number of esters is 2. The summed E-state index contributed by atoms with van der Waals surface area (Å²) in [4.78, 5) is 29.5. The van der Waals surface area contributed by atoms with Crippen molar-refractivity contribution in [3.63, 3.8) is 0 Å². The smallest absolute Gasteiger partial charge is 0.306 e. The first-order chi connectivity index (χ1) is 21.9. The fourth-order valence-corrected chi connectivity index (χ4v) is 8.00. The third-order valence-electron chi connectivity index (χ3n) is 8.34. The molecule has 2 aromatic rings. The number of benzene rings is 2. The first-order valence-corrected chi connectivity index (χ1v) is 18.7. The number of rotatable bonds is 15. The molecular formula is C34H44N2O8S2. The highest BCUT2D eigenvalue weighted by Gasteiger charge is 2.28. The average molecular weight is 673 g/mol. The summed E-state index contributed by atoms with van der Waals surface area (Å²) in [7, 11) is -7.19. The number of piperidine rings is 2. The first kappa shape index (κ1) is 35.5. The number of sulfone groups is 2. The lowest BCUT2D eigenvalue weighted by molar-refractivity contribution is -0.153. The van der Waals surface area contributed by atoms with Crippen LogP contribution in [-0.2, 0) is 38.7 Å². The van der Waals surface area contributed by atoms with Crippen LogP contribution < -0.4 is 0 Å². The maximum Gasteiger partial charge on any atom is 0.306 e. The van der Waals surface area contributed by atoms with E-state index in [1.165, 1.54) is 0 Å². The van der Waals surface area contributed by atoms with Gasteiger partial charge in [0.2, 0.25) is 19.7 Å². The molecule has 2 aromatic carbocycles. The Morgan fingerprint density at radius 3 is 1.26 bits per heavy atom. The number of hydrogen-bond acceptors (Lipinski definition) is 10. The Bertz CT molecular complexity index is 1440. The molecule has 0 spiro atoms. The summed E-state index contributed by atoms with van der Waals surface area (Å²) in [5, 5.41) is 0. The summed E-state index contributed by atoms with van der Waals surface area (Å²) < 4.78 is 62.2. The van der Waals surface area contributed by atoms with E-state index in [1.807, 2.05) is 9.80 Å². The lowest BCUT2D eigenvalue weighted by Crippen LogP contribution is -2.39. The highest BCUT2D eigenvalue weighted by atomic mass is 32.2. The van der Waals surface area contributed by atoms with Gasteiger partial charge in [0, 0.05) is 52.1 Å². The fraction of sp³-hybridized carbons (Fsp3) is 0.471. The second-order valence-corrected chi connectivity index (χ2v) is 16.0. The van der Waals surface area contributed by atoms with E-state index in [9.17, 15) is 26.4 Å². The van der Waals surface area contributed by atoms with E-state index in [0.717, 1.165) is 0 Å². The lowest BCUT2D eigenvalue weighted by atomic mass is 10.1. The molecule has 2 saturated heterocycles. The van der Waals surface area contributed by atoms with Crippen molar-refractivity contribution in [2.45, 2.75) is 73.4 Å². The van der Waals surface area contributed by atoms with Gasteiger partial charge in [-0.15, -0.1) is 0 Å². The molecule has 0 radical (unpaired) electrons. The highest BCUT2D eigenvalue weighted by molar-refractivity contribution is 7.95. The number of ether oxygens (including phenoxy) is 2. The maximum absolute atomic E-state index is 12.7. The van der Waals surface area contributed by atoms with Gasteiger partial charge in [-0.25, -0.2) is 16.8 Å². The Balaban J connectivity index is 1.05. The van der Waals surface area contributed by atoms with Gasteiger partial charge in [-0.1, -0.05) is 49.6 Å². The van der Waals surface area contributed by atoms with Crippen LogP contribution in [0.15, 0.2) is 93.4 Å². The molecule has 12 heteroatoms. The second kappa shape index (κ2) is 16.5. The van der Waals surface area contributed by atoms with Crippen molar-refractivity contribution in [3.8, 4) is 0 Å². The molecule has 2 aliphatic heterocycles. The molecule has 0 amide bonds. The van der Waals surface area contributed by atoms with E-state index in [2.05, 4.69) is 13.2 Å². The van der Waals surface area contributed by atoms with E-state index in [0.29, 0.717) is 64.7 Å². The van der Waals surface area contributed by atoms with Gasteiger partial charge in [-0.2, -0.15) is 0 Å². The summed E-state index contributed by atoms with van der Waals surface area (Å²) in [5.74, 6) is -0.600. The second-order valence-electron chi connectivity index (χ2n) is 11.8. The van der Waals surface area contributed by atoms with Crippen molar-refractivity contribution in [2.75, 3.05) is 39.3 Å². The van der Waals surface area contributed by atoms with Crippen LogP contribution in [0, 0.1) is 0 Å². The van der Waals surface area contributed by atoms with Gasteiger partial charge < -0.3 is 9.47 Å². The van der Waals surface area contributed by atoms with E-state index in [-0.39, 0.29) is 69.7 Å². The van der Waals surface area contributed by atoms with Crippen LogP contribution in [0.4, 0.5) is 0 Å². The van der Waals surface area contributed by atoms with Crippen molar-refractivity contribution in [2.24, 2.45) is 0 Å². The lowest BCUT2D eigenvalue weighted by Gasteiger charge is -2.32. The summed E-state index contributed by atoms with van der Waals surface area (Å²) in [6.07, 6.45) is 3.50. The average Bonchev–Trinajstić information content (AvgIpc) is 3.05. The zero-order valence-corrected chi connectivity index (χ0v) is 27.9. The van der Waals surface area contributed by atoms with Gasteiger partial charge in [0.1, 0.15) is 12.2 Å². The van der Waals surface area contributed by atoms with Crippen LogP contribution in [0.3, 0.4) is 0 Å². The van der Waals surface area contributed by atoms with Gasteiger partial charge >= 0.3 is 11.9 Å². The topological polar surface area (TPSA) is 127 Å². The van der Waals surface area contributed by atoms with Crippen LogP contribution in [-0.4, -0.2) is 90.1 Å². The Hall–Kier alpha value is -3.32. The highest BCUT2D eigenvalue weighted by Crippen LogP contribution is 2.23. The molecule has 0 N–H and O–H groups in total. The summed E-state index contributed by atoms with van der Waals surface area (Å²) in [6.45, 7) is 10.5.